The summed E-state index contributed by atoms with van der Waals surface area (Å²) in [5, 5.41) is 3.01. The number of carbonyl (C=O) groups excluding carboxylic acids is 1. The van der Waals surface area contributed by atoms with Crippen molar-refractivity contribution in [1.82, 2.24) is 5.32 Å². The quantitative estimate of drug-likeness (QED) is 0.612. The van der Waals surface area contributed by atoms with E-state index >= 15 is 0 Å². The van der Waals surface area contributed by atoms with Crippen molar-refractivity contribution in [2.24, 2.45) is 5.92 Å². The molecule has 2 nitrogen and oxygen atoms in total. The number of amides is 1. The summed E-state index contributed by atoms with van der Waals surface area (Å²) in [5.74, 6) is 2.65. The Balaban J connectivity index is 1.53. The molecule has 0 saturated heterocycles. The van der Waals surface area contributed by atoms with Gasteiger partial charge >= 0.3 is 0 Å². The van der Waals surface area contributed by atoms with Crippen molar-refractivity contribution in [3.05, 3.63) is 47.5 Å². The molecule has 0 aliphatic heterocycles. The van der Waals surface area contributed by atoms with Crippen molar-refractivity contribution >= 4 is 17.7 Å². The first-order valence-corrected chi connectivity index (χ1v) is 8.46. The predicted molar refractivity (Wildman–Crippen MR) is 86.8 cm³/mol. The molecular weight excluding hydrogens is 266 g/mol. The fourth-order valence-electron chi connectivity index (χ4n) is 2.31. The van der Waals surface area contributed by atoms with Crippen molar-refractivity contribution in [3.63, 3.8) is 0 Å². The van der Waals surface area contributed by atoms with Crippen LogP contribution in [-0.4, -0.2) is 18.2 Å². The van der Waals surface area contributed by atoms with Gasteiger partial charge in [-0.05, 0) is 31.2 Å². The monoisotopic (exact) mass is 289 g/mol. The molecule has 1 atom stereocenters. The van der Waals surface area contributed by atoms with Crippen LogP contribution in [0.15, 0.2) is 36.4 Å². The number of hydrogen-bond acceptors (Lipinski definition) is 2. The molecular formula is C17H23NOS. The highest BCUT2D eigenvalue weighted by Crippen LogP contribution is 2.20. The molecule has 1 amide bonds. The molecule has 3 heteroatoms. The maximum absolute atomic E-state index is 11.7. The predicted octanol–water partition coefficient (Wildman–Crippen LogP) is 3.70. The second-order valence-corrected chi connectivity index (χ2v) is 6.46. The summed E-state index contributed by atoms with van der Waals surface area (Å²) in [6.45, 7) is 2.87. The molecule has 1 N–H and O–H groups in total. The minimum absolute atomic E-state index is 0.192. The van der Waals surface area contributed by atoms with Gasteiger partial charge in [0.25, 0.3) is 0 Å². The maximum atomic E-state index is 11.7. The standard InChI is InChI=1S/C17H23NOS/c1-14-6-8-16(9-7-14)13-20-11-10-18-17(19)12-15-4-2-3-5-15/h2,4,6-9,15H,3,5,10-13H2,1H3,(H,18,19). The molecule has 1 aromatic rings. The summed E-state index contributed by atoms with van der Waals surface area (Å²) in [6, 6.07) is 8.64. The van der Waals surface area contributed by atoms with Crippen LogP contribution in [0.3, 0.4) is 0 Å². The molecule has 1 aliphatic carbocycles. The van der Waals surface area contributed by atoms with E-state index in [0.29, 0.717) is 12.3 Å². The number of allylic oxidation sites excluding steroid dienone is 2. The van der Waals surface area contributed by atoms with Crippen molar-refractivity contribution in [2.75, 3.05) is 12.3 Å². The normalized spacial score (nSPS) is 17.4. The van der Waals surface area contributed by atoms with Crippen molar-refractivity contribution < 1.29 is 4.79 Å². The minimum Gasteiger partial charge on any atom is -0.355 e. The molecule has 0 saturated carbocycles. The number of rotatable bonds is 7. The lowest BCUT2D eigenvalue weighted by molar-refractivity contribution is -0.121. The van der Waals surface area contributed by atoms with Gasteiger partial charge in [-0.1, -0.05) is 42.0 Å². The Labute approximate surface area is 126 Å². The average molecular weight is 289 g/mol. The molecule has 0 fully saturated rings. The molecule has 1 aliphatic rings. The van der Waals surface area contributed by atoms with E-state index in [0.717, 1.165) is 30.9 Å². The van der Waals surface area contributed by atoms with Crippen LogP contribution in [0.4, 0.5) is 0 Å². The Morgan fingerprint density at radius 2 is 2.15 bits per heavy atom. The van der Waals surface area contributed by atoms with Gasteiger partial charge in [0.05, 0.1) is 0 Å². The number of aryl methyl sites for hydroxylation is 1. The number of carbonyl (C=O) groups is 1. The lowest BCUT2D eigenvalue weighted by atomic mass is 10.1. The fourth-order valence-corrected chi connectivity index (χ4v) is 3.13. The lowest BCUT2D eigenvalue weighted by Crippen LogP contribution is -2.27. The zero-order chi connectivity index (χ0) is 14.2. The molecule has 0 heterocycles. The van der Waals surface area contributed by atoms with Gasteiger partial charge in [0.2, 0.25) is 5.91 Å². The van der Waals surface area contributed by atoms with E-state index in [9.17, 15) is 4.79 Å². The highest BCUT2D eigenvalue weighted by Gasteiger charge is 2.13. The van der Waals surface area contributed by atoms with Crippen molar-refractivity contribution in [3.8, 4) is 0 Å². The molecule has 20 heavy (non-hydrogen) atoms. The minimum atomic E-state index is 0.192. The van der Waals surface area contributed by atoms with E-state index in [1.807, 2.05) is 11.8 Å². The Kier molecular flexibility index (Phi) is 6.19. The fraction of sp³-hybridized carbons (Fsp3) is 0.471. The molecule has 0 aromatic heterocycles. The van der Waals surface area contributed by atoms with Gasteiger partial charge in [-0.25, -0.2) is 0 Å². The summed E-state index contributed by atoms with van der Waals surface area (Å²) >= 11 is 1.87. The third kappa shape index (κ3) is 5.41. The van der Waals surface area contributed by atoms with Crippen LogP contribution in [0.2, 0.25) is 0 Å². The van der Waals surface area contributed by atoms with Gasteiger partial charge in [0, 0.05) is 24.5 Å². The second-order valence-electron chi connectivity index (χ2n) is 5.36. The van der Waals surface area contributed by atoms with Gasteiger partial charge in [-0.3, -0.25) is 4.79 Å². The first-order valence-electron chi connectivity index (χ1n) is 7.30. The maximum Gasteiger partial charge on any atom is 0.220 e. The zero-order valence-electron chi connectivity index (χ0n) is 12.1. The highest BCUT2D eigenvalue weighted by atomic mass is 32.2. The summed E-state index contributed by atoms with van der Waals surface area (Å²) in [7, 11) is 0. The largest absolute Gasteiger partial charge is 0.355 e. The Morgan fingerprint density at radius 3 is 2.85 bits per heavy atom. The van der Waals surface area contributed by atoms with Crippen LogP contribution in [-0.2, 0) is 10.5 Å². The number of benzene rings is 1. The van der Waals surface area contributed by atoms with E-state index in [2.05, 4.69) is 48.7 Å². The highest BCUT2D eigenvalue weighted by molar-refractivity contribution is 7.98. The Bertz CT molecular complexity index is 453. The van der Waals surface area contributed by atoms with E-state index in [-0.39, 0.29) is 5.91 Å². The van der Waals surface area contributed by atoms with Gasteiger partial charge in [-0.2, -0.15) is 11.8 Å². The number of nitrogens with one attached hydrogen (secondary N) is 1. The summed E-state index contributed by atoms with van der Waals surface area (Å²) in [6.07, 6.45) is 7.26. The van der Waals surface area contributed by atoms with E-state index in [1.54, 1.807) is 0 Å². The van der Waals surface area contributed by atoms with Crippen molar-refractivity contribution in [2.45, 2.75) is 31.9 Å². The third-order valence-corrected chi connectivity index (χ3v) is 4.55. The molecule has 0 bridgehead atoms. The first-order chi connectivity index (χ1) is 9.74. The molecule has 0 radical (unpaired) electrons. The van der Waals surface area contributed by atoms with Crippen LogP contribution in [0.1, 0.15) is 30.4 Å². The molecule has 108 valence electrons. The average Bonchev–Trinajstić information content (AvgIpc) is 2.93. The summed E-state index contributed by atoms with van der Waals surface area (Å²) < 4.78 is 0. The summed E-state index contributed by atoms with van der Waals surface area (Å²) in [5.41, 5.74) is 2.65. The van der Waals surface area contributed by atoms with Gasteiger partial charge in [-0.15, -0.1) is 0 Å². The zero-order valence-corrected chi connectivity index (χ0v) is 12.9. The lowest BCUT2D eigenvalue weighted by Gasteiger charge is -2.08. The smallest absolute Gasteiger partial charge is 0.220 e. The van der Waals surface area contributed by atoms with Crippen LogP contribution < -0.4 is 5.32 Å². The van der Waals surface area contributed by atoms with E-state index < -0.39 is 0 Å². The van der Waals surface area contributed by atoms with Crippen LogP contribution >= 0.6 is 11.8 Å². The van der Waals surface area contributed by atoms with Gasteiger partial charge in [0.15, 0.2) is 0 Å². The topological polar surface area (TPSA) is 29.1 Å². The molecule has 0 spiro atoms. The van der Waals surface area contributed by atoms with E-state index in [1.165, 1.54) is 11.1 Å². The van der Waals surface area contributed by atoms with Crippen LogP contribution in [0.25, 0.3) is 0 Å². The van der Waals surface area contributed by atoms with Gasteiger partial charge in [0.1, 0.15) is 0 Å². The summed E-state index contributed by atoms with van der Waals surface area (Å²) in [4.78, 5) is 11.7. The molecule has 2 rings (SSSR count). The third-order valence-electron chi connectivity index (χ3n) is 3.52. The molecule has 1 unspecified atom stereocenters. The van der Waals surface area contributed by atoms with Crippen molar-refractivity contribution in [1.29, 1.82) is 0 Å². The Hall–Kier alpha value is -1.22. The SMILES string of the molecule is Cc1ccc(CSCCNC(=O)CC2C=CCC2)cc1. The Morgan fingerprint density at radius 1 is 1.35 bits per heavy atom. The van der Waals surface area contributed by atoms with Gasteiger partial charge < -0.3 is 5.32 Å². The number of thioether (sulfide) groups is 1. The second kappa shape index (κ2) is 8.15. The van der Waals surface area contributed by atoms with Crippen LogP contribution in [0, 0.1) is 12.8 Å². The first kappa shape index (κ1) is 15.2. The van der Waals surface area contributed by atoms with Crippen LogP contribution in [0.5, 0.6) is 0 Å². The molecule has 1 aromatic carbocycles. The van der Waals surface area contributed by atoms with E-state index in [4.69, 9.17) is 0 Å². The number of hydrogen-bond donors (Lipinski definition) is 1.